The molecule has 0 bridgehead atoms. The molecule has 0 atom stereocenters. The molecule has 10 nitrogen and oxygen atoms in total. The van der Waals surface area contributed by atoms with Crippen LogP contribution in [0.15, 0.2) is 36.4 Å². The summed E-state index contributed by atoms with van der Waals surface area (Å²) >= 11 is 0. The highest BCUT2D eigenvalue weighted by Gasteiger charge is 2.23. The Labute approximate surface area is 210 Å². The van der Waals surface area contributed by atoms with E-state index < -0.39 is 11.0 Å². The maximum Gasteiger partial charge on any atom is 0.319 e. The number of aromatic nitrogens is 2. The average Bonchev–Trinajstić information content (AvgIpc) is 2.85. The van der Waals surface area contributed by atoms with Crippen LogP contribution in [-0.4, -0.2) is 47.6 Å². The summed E-state index contributed by atoms with van der Waals surface area (Å²) in [4.78, 5) is 34.8. The van der Waals surface area contributed by atoms with Crippen molar-refractivity contribution in [2.45, 2.75) is 45.6 Å². The van der Waals surface area contributed by atoms with Crippen LogP contribution in [0.3, 0.4) is 0 Å². The average molecular weight is 492 g/mol. The predicted octanol–water partition coefficient (Wildman–Crippen LogP) is 5.01. The lowest BCUT2D eigenvalue weighted by Gasteiger charge is -2.29. The van der Waals surface area contributed by atoms with Gasteiger partial charge in [-0.05, 0) is 74.8 Å². The highest BCUT2D eigenvalue weighted by molar-refractivity contribution is 5.92. The summed E-state index contributed by atoms with van der Waals surface area (Å²) in [6.07, 6.45) is 3.81. The molecule has 2 amide bonds. The molecule has 1 aliphatic carbocycles. The molecule has 3 aromatic rings. The van der Waals surface area contributed by atoms with E-state index >= 15 is 0 Å². The number of benzene rings is 2. The van der Waals surface area contributed by atoms with Gasteiger partial charge in [-0.1, -0.05) is 12.1 Å². The third-order valence-electron chi connectivity index (χ3n) is 6.79. The zero-order valence-corrected chi connectivity index (χ0v) is 21.2. The van der Waals surface area contributed by atoms with Gasteiger partial charge in [0.05, 0.1) is 10.4 Å². The van der Waals surface area contributed by atoms with Crippen molar-refractivity contribution in [2.75, 3.05) is 36.2 Å². The minimum atomic E-state index is -0.475. The fourth-order valence-electron chi connectivity index (χ4n) is 4.61. The van der Waals surface area contributed by atoms with Gasteiger partial charge < -0.3 is 20.9 Å². The third kappa shape index (κ3) is 5.81. The van der Waals surface area contributed by atoms with Gasteiger partial charge in [0.1, 0.15) is 11.5 Å². The molecule has 3 N–H and O–H groups in total. The SMILES string of the molecule is Cc1cc(NC(=O)NCC2CCC(Nc3nc(N(C)C)c4ccccc4n3)CC2)c([N+](=O)[O-])cc1C. The van der Waals surface area contributed by atoms with Crippen LogP contribution < -0.4 is 20.9 Å². The fraction of sp³-hybridized carbons (Fsp3) is 0.423. The Morgan fingerprint density at radius 2 is 1.78 bits per heavy atom. The van der Waals surface area contributed by atoms with E-state index in [1.165, 1.54) is 6.07 Å². The Balaban J connectivity index is 1.29. The van der Waals surface area contributed by atoms with Crippen molar-refractivity contribution in [1.82, 2.24) is 15.3 Å². The molecule has 1 aromatic heterocycles. The normalized spacial score (nSPS) is 17.4. The number of hydrogen-bond donors (Lipinski definition) is 3. The molecule has 36 heavy (non-hydrogen) atoms. The summed E-state index contributed by atoms with van der Waals surface area (Å²) in [6.45, 7) is 4.19. The molecule has 0 radical (unpaired) electrons. The van der Waals surface area contributed by atoms with Gasteiger partial charge in [-0.15, -0.1) is 0 Å². The van der Waals surface area contributed by atoms with Gasteiger partial charge in [-0.2, -0.15) is 4.98 Å². The van der Waals surface area contributed by atoms with E-state index in [2.05, 4.69) is 16.0 Å². The van der Waals surface area contributed by atoms with Crippen LogP contribution in [0.5, 0.6) is 0 Å². The van der Waals surface area contributed by atoms with E-state index in [4.69, 9.17) is 9.97 Å². The van der Waals surface area contributed by atoms with Crippen molar-refractivity contribution in [3.8, 4) is 0 Å². The second-order valence-corrected chi connectivity index (χ2v) is 9.69. The van der Waals surface area contributed by atoms with E-state index in [1.54, 1.807) is 6.07 Å². The number of urea groups is 1. The van der Waals surface area contributed by atoms with Crippen molar-refractivity contribution in [3.05, 3.63) is 57.6 Å². The molecule has 1 saturated carbocycles. The van der Waals surface area contributed by atoms with Crippen molar-refractivity contribution in [2.24, 2.45) is 5.92 Å². The topological polar surface area (TPSA) is 125 Å². The molecule has 2 aromatic carbocycles. The smallest absolute Gasteiger partial charge is 0.319 e. The van der Waals surface area contributed by atoms with Gasteiger partial charge in [0.2, 0.25) is 5.95 Å². The Morgan fingerprint density at radius 3 is 2.47 bits per heavy atom. The monoisotopic (exact) mass is 491 g/mol. The number of anilines is 3. The third-order valence-corrected chi connectivity index (χ3v) is 6.79. The van der Waals surface area contributed by atoms with Crippen molar-refractivity contribution >= 4 is 40.1 Å². The molecule has 4 rings (SSSR count). The summed E-state index contributed by atoms with van der Waals surface area (Å²) < 4.78 is 0. The van der Waals surface area contributed by atoms with E-state index in [1.807, 2.05) is 57.1 Å². The zero-order chi connectivity index (χ0) is 25.8. The molecule has 0 spiro atoms. The molecule has 1 fully saturated rings. The Morgan fingerprint density at radius 1 is 1.08 bits per heavy atom. The summed E-state index contributed by atoms with van der Waals surface area (Å²) in [5.74, 6) is 1.86. The largest absolute Gasteiger partial charge is 0.362 e. The molecular formula is C26H33N7O3. The number of rotatable bonds is 7. The van der Waals surface area contributed by atoms with E-state index in [0.29, 0.717) is 18.4 Å². The van der Waals surface area contributed by atoms with Crippen molar-refractivity contribution in [3.63, 3.8) is 0 Å². The molecule has 1 aliphatic rings. The minimum Gasteiger partial charge on any atom is -0.362 e. The van der Waals surface area contributed by atoms with Crippen LogP contribution >= 0.6 is 0 Å². The highest BCUT2D eigenvalue weighted by Crippen LogP contribution is 2.29. The maximum absolute atomic E-state index is 12.4. The number of carbonyl (C=O) groups is 1. The molecule has 0 unspecified atom stereocenters. The number of fused-ring (bicyclic) bond motifs is 1. The molecule has 10 heteroatoms. The van der Waals surface area contributed by atoms with Gasteiger partial charge in [0.15, 0.2) is 0 Å². The quantitative estimate of drug-likeness (QED) is 0.313. The predicted molar refractivity (Wildman–Crippen MR) is 143 cm³/mol. The first-order valence-corrected chi connectivity index (χ1v) is 12.2. The van der Waals surface area contributed by atoms with Crippen molar-refractivity contribution < 1.29 is 9.72 Å². The van der Waals surface area contributed by atoms with Crippen molar-refractivity contribution in [1.29, 1.82) is 0 Å². The second kappa shape index (κ2) is 10.8. The summed E-state index contributed by atoms with van der Waals surface area (Å²) in [7, 11) is 3.95. The number of nitro benzene ring substituents is 1. The highest BCUT2D eigenvalue weighted by atomic mass is 16.6. The number of nitro groups is 1. The lowest BCUT2D eigenvalue weighted by atomic mass is 9.86. The van der Waals surface area contributed by atoms with E-state index in [0.717, 1.165) is 53.5 Å². The Hall–Kier alpha value is -3.95. The first kappa shape index (κ1) is 25.2. The molecule has 190 valence electrons. The summed E-state index contributed by atoms with van der Waals surface area (Å²) in [5.41, 5.74) is 2.71. The second-order valence-electron chi connectivity index (χ2n) is 9.69. The number of aryl methyl sites for hydroxylation is 2. The van der Waals surface area contributed by atoms with Crippen LogP contribution in [0, 0.1) is 29.9 Å². The minimum absolute atomic E-state index is 0.104. The van der Waals surface area contributed by atoms with Crippen LogP contribution in [0.4, 0.5) is 27.9 Å². The van der Waals surface area contributed by atoms with Gasteiger partial charge in [-0.3, -0.25) is 10.1 Å². The standard InChI is InChI=1S/C26H33N7O3/c1-16-13-22(23(33(35)36)14-17(16)2)30-26(34)27-15-18-9-11-19(12-10-18)28-25-29-21-8-6-5-7-20(21)24(31-25)32(3)4/h5-8,13-14,18-19H,9-12,15H2,1-4H3,(H2,27,30,34)(H,28,29,31). The van der Waals surface area contributed by atoms with Crippen LogP contribution in [-0.2, 0) is 0 Å². The molecule has 0 aliphatic heterocycles. The molecule has 0 saturated heterocycles. The number of para-hydroxylation sites is 1. The summed E-state index contributed by atoms with van der Waals surface area (Å²) in [5, 5.41) is 21.4. The van der Waals surface area contributed by atoms with E-state index in [9.17, 15) is 14.9 Å². The lowest BCUT2D eigenvalue weighted by molar-refractivity contribution is -0.384. The van der Waals surface area contributed by atoms with Crippen LogP contribution in [0.1, 0.15) is 36.8 Å². The first-order chi connectivity index (χ1) is 17.2. The van der Waals surface area contributed by atoms with Crippen LogP contribution in [0.2, 0.25) is 0 Å². The Bertz CT molecular complexity index is 1270. The first-order valence-electron chi connectivity index (χ1n) is 12.2. The number of amides is 2. The fourth-order valence-corrected chi connectivity index (χ4v) is 4.61. The zero-order valence-electron chi connectivity index (χ0n) is 21.2. The Kier molecular flexibility index (Phi) is 7.52. The lowest BCUT2D eigenvalue weighted by Crippen LogP contribution is -2.36. The number of carbonyl (C=O) groups excluding carboxylic acids is 1. The number of hydrogen-bond acceptors (Lipinski definition) is 7. The molecular weight excluding hydrogens is 458 g/mol. The number of nitrogens with zero attached hydrogens (tertiary/aromatic N) is 4. The van der Waals surface area contributed by atoms with Gasteiger partial charge in [0.25, 0.3) is 5.69 Å². The molecule has 1 heterocycles. The van der Waals surface area contributed by atoms with E-state index in [-0.39, 0.29) is 17.4 Å². The van der Waals surface area contributed by atoms with Gasteiger partial charge >= 0.3 is 6.03 Å². The summed E-state index contributed by atoms with van der Waals surface area (Å²) in [6, 6.07) is 11.0. The number of nitrogens with one attached hydrogen (secondary N) is 3. The van der Waals surface area contributed by atoms with Gasteiger partial charge in [-0.25, -0.2) is 9.78 Å². The maximum atomic E-state index is 12.4. The van der Waals surface area contributed by atoms with Crippen LogP contribution in [0.25, 0.3) is 10.9 Å². The van der Waals surface area contributed by atoms with Gasteiger partial charge in [0, 0.05) is 38.1 Å².